The van der Waals surface area contributed by atoms with Gasteiger partial charge >= 0.3 is 5.97 Å². The van der Waals surface area contributed by atoms with Crippen LogP contribution in [0.15, 0.2) is 18.2 Å². The quantitative estimate of drug-likeness (QED) is 0.599. The lowest BCUT2D eigenvalue weighted by molar-refractivity contribution is 0.0697. The summed E-state index contributed by atoms with van der Waals surface area (Å²) in [7, 11) is 0. The lowest BCUT2D eigenvalue weighted by atomic mass is 10.1. The molecule has 1 rings (SSSR count). The predicted octanol–water partition coefficient (Wildman–Crippen LogP) is 0.839. The molecule has 1 aromatic rings. The molecule has 0 bridgehead atoms. The maximum Gasteiger partial charge on any atom is 0.339 e. The van der Waals surface area contributed by atoms with E-state index in [2.05, 4.69) is 0 Å². The van der Waals surface area contributed by atoms with E-state index in [1.807, 2.05) is 0 Å². The van der Waals surface area contributed by atoms with Crippen LogP contribution in [0.2, 0.25) is 0 Å². The van der Waals surface area contributed by atoms with Crippen molar-refractivity contribution in [2.45, 2.75) is 0 Å². The molecule has 0 fully saturated rings. The van der Waals surface area contributed by atoms with Crippen molar-refractivity contribution >= 4 is 11.7 Å². The average molecular weight is 162 g/mol. The van der Waals surface area contributed by atoms with Crippen molar-refractivity contribution in [2.24, 2.45) is 0 Å². The number of carboxylic acid groups (broad SMARTS) is 1. The Morgan fingerprint density at radius 3 is 2.67 bits per heavy atom. The van der Waals surface area contributed by atoms with Crippen molar-refractivity contribution in [1.82, 2.24) is 0 Å². The van der Waals surface area contributed by atoms with E-state index >= 15 is 0 Å². The van der Waals surface area contributed by atoms with Crippen LogP contribution in [0, 0.1) is 11.3 Å². The van der Waals surface area contributed by atoms with E-state index in [4.69, 9.17) is 16.1 Å². The van der Waals surface area contributed by atoms with Crippen molar-refractivity contribution in [3.05, 3.63) is 29.3 Å². The first-order chi connectivity index (χ1) is 5.66. The second-order valence-electron chi connectivity index (χ2n) is 2.19. The van der Waals surface area contributed by atoms with Crippen LogP contribution in [-0.4, -0.2) is 11.1 Å². The summed E-state index contributed by atoms with van der Waals surface area (Å²) in [5.41, 5.74) is 5.44. The lowest BCUT2D eigenvalue weighted by Gasteiger charge is -2.00. The summed E-state index contributed by atoms with van der Waals surface area (Å²) >= 11 is 0. The van der Waals surface area contributed by atoms with Gasteiger partial charge in [0.05, 0.1) is 5.56 Å². The lowest BCUT2D eigenvalue weighted by Crippen LogP contribution is -2.04. The van der Waals surface area contributed by atoms with Crippen molar-refractivity contribution in [2.75, 3.05) is 5.73 Å². The minimum Gasteiger partial charge on any atom is -0.478 e. The molecule has 0 spiro atoms. The standard InChI is InChI=1S/C8H6N2O2/c9-4-5-2-1-3-6(10)7(5)8(11)12/h1-3H,10H2,(H,11,12). The van der Waals surface area contributed by atoms with Crippen LogP contribution in [-0.2, 0) is 0 Å². The van der Waals surface area contributed by atoms with Gasteiger partial charge in [0.15, 0.2) is 0 Å². The highest BCUT2D eigenvalue weighted by Gasteiger charge is 2.12. The predicted molar refractivity (Wildman–Crippen MR) is 42.5 cm³/mol. The van der Waals surface area contributed by atoms with Gasteiger partial charge in [-0.1, -0.05) is 6.07 Å². The van der Waals surface area contributed by atoms with Crippen molar-refractivity contribution < 1.29 is 9.90 Å². The van der Waals surface area contributed by atoms with Gasteiger partial charge in [0.25, 0.3) is 0 Å². The third-order valence-corrected chi connectivity index (χ3v) is 1.43. The van der Waals surface area contributed by atoms with E-state index < -0.39 is 5.97 Å². The van der Waals surface area contributed by atoms with Gasteiger partial charge in [0, 0.05) is 5.69 Å². The molecule has 0 aliphatic rings. The number of anilines is 1. The number of nitrogens with zero attached hydrogens (tertiary/aromatic N) is 1. The third-order valence-electron chi connectivity index (χ3n) is 1.43. The highest BCUT2D eigenvalue weighted by molar-refractivity contribution is 5.96. The Bertz CT molecular complexity index is 366. The fourth-order valence-electron chi connectivity index (χ4n) is 0.902. The summed E-state index contributed by atoms with van der Waals surface area (Å²) in [4.78, 5) is 10.6. The summed E-state index contributed by atoms with van der Waals surface area (Å²) in [6.07, 6.45) is 0. The van der Waals surface area contributed by atoms with Gasteiger partial charge in [-0.05, 0) is 12.1 Å². The average Bonchev–Trinajstić information content (AvgIpc) is 2.03. The summed E-state index contributed by atoms with van der Waals surface area (Å²) < 4.78 is 0. The number of nitrogen functional groups attached to an aromatic ring is 1. The van der Waals surface area contributed by atoms with Gasteiger partial charge in [-0.3, -0.25) is 0 Å². The van der Waals surface area contributed by atoms with E-state index in [-0.39, 0.29) is 16.8 Å². The number of rotatable bonds is 1. The Hall–Kier alpha value is -2.02. The zero-order valence-corrected chi connectivity index (χ0v) is 6.11. The molecule has 0 aliphatic heterocycles. The molecular formula is C8H6N2O2. The first-order valence-corrected chi connectivity index (χ1v) is 3.18. The molecule has 0 aromatic heterocycles. The van der Waals surface area contributed by atoms with E-state index in [9.17, 15) is 4.79 Å². The van der Waals surface area contributed by atoms with Gasteiger partial charge in [0.1, 0.15) is 11.6 Å². The normalized spacial score (nSPS) is 8.92. The zero-order chi connectivity index (χ0) is 9.14. The number of hydrogen-bond acceptors (Lipinski definition) is 3. The number of carboxylic acids is 1. The van der Waals surface area contributed by atoms with E-state index in [1.54, 1.807) is 12.1 Å². The number of nitrogens with two attached hydrogens (primary N) is 1. The minimum absolute atomic E-state index is 0.0856. The molecule has 1 aromatic carbocycles. The molecule has 0 heterocycles. The van der Waals surface area contributed by atoms with Crippen molar-refractivity contribution in [3.63, 3.8) is 0 Å². The smallest absolute Gasteiger partial charge is 0.339 e. The summed E-state index contributed by atoms with van der Waals surface area (Å²) in [5.74, 6) is -1.18. The van der Waals surface area contributed by atoms with Crippen LogP contribution in [0.25, 0.3) is 0 Å². The molecule has 0 aliphatic carbocycles. The second kappa shape index (κ2) is 2.93. The van der Waals surface area contributed by atoms with Crippen LogP contribution >= 0.6 is 0 Å². The first kappa shape index (κ1) is 8.08. The molecule has 0 atom stereocenters. The summed E-state index contributed by atoms with van der Waals surface area (Å²) in [5, 5.41) is 17.2. The third kappa shape index (κ3) is 1.20. The summed E-state index contributed by atoms with van der Waals surface area (Å²) in [6.45, 7) is 0. The fraction of sp³-hybridized carbons (Fsp3) is 0. The van der Waals surface area contributed by atoms with Crippen LogP contribution in [0.3, 0.4) is 0 Å². The molecule has 0 unspecified atom stereocenters. The monoisotopic (exact) mass is 162 g/mol. The van der Waals surface area contributed by atoms with Crippen LogP contribution in [0.4, 0.5) is 5.69 Å². The molecule has 4 nitrogen and oxygen atoms in total. The number of hydrogen-bond donors (Lipinski definition) is 2. The van der Waals surface area contributed by atoms with E-state index in [0.717, 1.165) is 0 Å². The molecule has 60 valence electrons. The molecular weight excluding hydrogens is 156 g/mol. The van der Waals surface area contributed by atoms with Crippen LogP contribution in [0.5, 0.6) is 0 Å². The first-order valence-electron chi connectivity index (χ1n) is 3.18. The van der Waals surface area contributed by atoms with Gasteiger partial charge in [-0.25, -0.2) is 4.79 Å². The van der Waals surface area contributed by atoms with Gasteiger partial charge in [-0.15, -0.1) is 0 Å². The molecule has 0 saturated carbocycles. The number of nitriles is 1. The fourth-order valence-corrected chi connectivity index (χ4v) is 0.902. The largest absolute Gasteiger partial charge is 0.478 e. The molecule has 12 heavy (non-hydrogen) atoms. The molecule has 0 saturated heterocycles. The van der Waals surface area contributed by atoms with E-state index in [1.165, 1.54) is 12.1 Å². The Balaban J connectivity index is 3.42. The van der Waals surface area contributed by atoms with Gasteiger partial charge < -0.3 is 10.8 Å². The van der Waals surface area contributed by atoms with Gasteiger partial charge in [-0.2, -0.15) is 5.26 Å². The van der Waals surface area contributed by atoms with Crippen LogP contribution in [0.1, 0.15) is 15.9 Å². The maximum atomic E-state index is 10.6. The Labute approximate surface area is 68.8 Å². The Morgan fingerprint density at radius 1 is 1.58 bits per heavy atom. The molecule has 3 N–H and O–H groups in total. The van der Waals surface area contributed by atoms with Gasteiger partial charge in [0.2, 0.25) is 0 Å². The Morgan fingerprint density at radius 2 is 2.25 bits per heavy atom. The summed E-state index contributed by atoms with van der Waals surface area (Å²) in [6, 6.07) is 6.16. The molecule has 0 amide bonds. The SMILES string of the molecule is N#Cc1cccc(N)c1C(=O)O. The zero-order valence-electron chi connectivity index (χ0n) is 6.11. The number of aromatic carboxylic acids is 1. The maximum absolute atomic E-state index is 10.6. The number of carbonyl (C=O) groups is 1. The van der Waals surface area contributed by atoms with Crippen molar-refractivity contribution in [3.8, 4) is 6.07 Å². The molecule has 0 radical (unpaired) electrons. The van der Waals surface area contributed by atoms with Crippen molar-refractivity contribution in [1.29, 1.82) is 5.26 Å². The highest BCUT2D eigenvalue weighted by atomic mass is 16.4. The molecule has 4 heteroatoms. The highest BCUT2D eigenvalue weighted by Crippen LogP contribution is 2.15. The Kier molecular flexibility index (Phi) is 1.97. The minimum atomic E-state index is -1.18. The topological polar surface area (TPSA) is 87.1 Å². The van der Waals surface area contributed by atoms with E-state index in [0.29, 0.717) is 0 Å². The van der Waals surface area contributed by atoms with Crippen LogP contribution < -0.4 is 5.73 Å². The second-order valence-corrected chi connectivity index (χ2v) is 2.19. The number of benzene rings is 1.